The predicted molar refractivity (Wildman–Crippen MR) is 78.1 cm³/mol. The second-order valence-electron chi connectivity index (χ2n) is 3.34. The minimum absolute atomic E-state index is 0. The molecule has 0 radical (unpaired) electrons. The minimum Gasteiger partial charge on any atom is -0.299 e. The lowest BCUT2D eigenvalue weighted by atomic mass is 10.1. The van der Waals surface area contributed by atoms with Gasteiger partial charge in [-0.1, -0.05) is 24.3 Å². The summed E-state index contributed by atoms with van der Waals surface area (Å²) in [6.07, 6.45) is 0. The Labute approximate surface area is 117 Å². The standard InChI is InChI=1S/C12H10Cl2N2.ClH/c13-15-11-5-1-9(2-6-11)10-3-7-12(16-14)8-4-10;/h1-8,15-16H;1H. The van der Waals surface area contributed by atoms with E-state index in [9.17, 15) is 0 Å². The maximum atomic E-state index is 5.49. The summed E-state index contributed by atoms with van der Waals surface area (Å²) in [5, 5.41) is 0. The molecule has 0 bridgehead atoms. The van der Waals surface area contributed by atoms with E-state index < -0.39 is 0 Å². The van der Waals surface area contributed by atoms with Crippen LogP contribution in [0.2, 0.25) is 0 Å². The van der Waals surface area contributed by atoms with Crippen molar-refractivity contribution in [3.8, 4) is 11.1 Å². The number of hydrogen-bond acceptors (Lipinski definition) is 2. The molecule has 0 aromatic heterocycles. The molecule has 2 aromatic rings. The van der Waals surface area contributed by atoms with Crippen LogP contribution in [0.25, 0.3) is 11.1 Å². The number of benzene rings is 2. The Kier molecular flexibility index (Phi) is 5.42. The van der Waals surface area contributed by atoms with Gasteiger partial charge >= 0.3 is 0 Å². The molecule has 0 unspecified atom stereocenters. The fourth-order valence-corrected chi connectivity index (χ4v) is 1.70. The van der Waals surface area contributed by atoms with Crippen LogP contribution in [-0.2, 0) is 0 Å². The van der Waals surface area contributed by atoms with Gasteiger partial charge in [0, 0.05) is 34.9 Å². The van der Waals surface area contributed by atoms with E-state index in [4.69, 9.17) is 23.6 Å². The second-order valence-corrected chi connectivity index (χ2v) is 3.72. The van der Waals surface area contributed by atoms with Crippen LogP contribution in [0.4, 0.5) is 11.4 Å². The lowest BCUT2D eigenvalue weighted by Crippen LogP contribution is -1.83. The highest BCUT2D eigenvalue weighted by Gasteiger charge is 1.97. The van der Waals surface area contributed by atoms with Crippen LogP contribution in [0.15, 0.2) is 48.5 Å². The Bertz CT molecular complexity index is 409. The monoisotopic (exact) mass is 288 g/mol. The topological polar surface area (TPSA) is 24.1 Å². The smallest absolute Gasteiger partial charge is 0.0492 e. The van der Waals surface area contributed by atoms with Crippen LogP contribution >= 0.6 is 36.0 Å². The summed E-state index contributed by atoms with van der Waals surface area (Å²) >= 11 is 11.0. The summed E-state index contributed by atoms with van der Waals surface area (Å²) in [4.78, 5) is 5.14. The first kappa shape index (κ1) is 14.0. The van der Waals surface area contributed by atoms with E-state index in [1.165, 1.54) is 0 Å². The molecular weight excluding hydrogens is 279 g/mol. The van der Waals surface area contributed by atoms with Crippen molar-refractivity contribution in [2.24, 2.45) is 0 Å². The maximum absolute atomic E-state index is 5.49. The second kappa shape index (κ2) is 6.60. The first-order chi connectivity index (χ1) is 7.83. The molecule has 5 heteroatoms. The van der Waals surface area contributed by atoms with Crippen LogP contribution in [0.5, 0.6) is 0 Å². The van der Waals surface area contributed by atoms with E-state index in [0.29, 0.717) is 0 Å². The van der Waals surface area contributed by atoms with Crippen molar-refractivity contribution in [2.45, 2.75) is 0 Å². The maximum Gasteiger partial charge on any atom is 0.0492 e. The third kappa shape index (κ3) is 3.43. The van der Waals surface area contributed by atoms with E-state index in [1.54, 1.807) is 0 Å². The summed E-state index contributed by atoms with van der Waals surface area (Å²) < 4.78 is 0. The fraction of sp³-hybridized carbons (Fsp3) is 0. The van der Waals surface area contributed by atoms with Crippen molar-refractivity contribution >= 4 is 47.3 Å². The molecule has 0 atom stereocenters. The van der Waals surface area contributed by atoms with E-state index >= 15 is 0 Å². The highest BCUT2D eigenvalue weighted by atomic mass is 35.5. The fourth-order valence-electron chi connectivity index (χ4n) is 1.45. The van der Waals surface area contributed by atoms with Crippen molar-refractivity contribution in [1.82, 2.24) is 0 Å². The molecule has 2 rings (SSSR count). The van der Waals surface area contributed by atoms with Crippen LogP contribution in [0.1, 0.15) is 0 Å². The Morgan fingerprint density at radius 3 is 1.12 bits per heavy atom. The van der Waals surface area contributed by atoms with Gasteiger partial charge in [0.25, 0.3) is 0 Å². The zero-order valence-corrected chi connectivity index (χ0v) is 11.1. The van der Waals surface area contributed by atoms with Gasteiger partial charge in [-0.25, -0.2) is 0 Å². The lowest BCUT2D eigenvalue weighted by Gasteiger charge is -2.04. The van der Waals surface area contributed by atoms with Crippen LogP contribution in [0, 0.1) is 0 Å². The van der Waals surface area contributed by atoms with Crippen LogP contribution < -0.4 is 9.67 Å². The molecule has 2 nitrogen and oxygen atoms in total. The highest BCUT2D eigenvalue weighted by molar-refractivity contribution is 6.24. The Morgan fingerprint density at radius 2 is 0.882 bits per heavy atom. The number of anilines is 2. The number of nitrogens with one attached hydrogen (secondary N) is 2. The number of rotatable bonds is 3. The molecule has 0 heterocycles. The van der Waals surface area contributed by atoms with Crippen molar-refractivity contribution in [3.63, 3.8) is 0 Å². The van der Waals surface area contributed by atoms with E-state index in [-0.39, 0.29) is 12.4 Å². The highest BCUT2D eigenvalue weighted by Crippen LogP contribution is 2.23. The van der Waals surface area contributed by atoms with E-state index in [1.807, 2.05) is 48.5 Å². The molecule has 0 amide bonds. The summed E-state index contributed by atoms with van der Waals surface area (Å²) in [7, 11) is 0. The summed E-state index contributed by atoms with van der Waals surface area (Å²) in [6, 6.07) is 15.7. The lowest BCUT2D eigenvalue weighted by molar-refractivity contribution is 1.60. The van der Waals surface area contributed by atoms with Crippen molar-refractivity contribution in [3.05, 3.63) is 48.5 Å². The molecule has 0 aliphatic carbocycles. The summed E-state index contributed by atoms with van der Waals surface area (Å²) in [5.41, 5.74) is 4.03. The number of halogens is 3. The van der Waals surface area contributed by atoms with E-state index in [0.717, 1.165) is 22.5 Å². The zero-order valence-electron chi connectivity index (χ0n) is 8.78. The predicted octanol–water partition coefficient (Wildman–Crippen LogP) is 4.91. The van der Waals surface area contributed by atoms with Crippen molar-refractivity contribution < 1.29 is 0 Å². The van der Waals surface area contributed by atoms with Crippen molar-refractivity contribution in [1.29, 1.82) is 0 Å². The molecule has 0 saturated carbocycles. The third-order valence-electron chi connectivity index (χ3n) is 2.32. The Balaban J connectivity index is 0.00000144. The van der Waals surface area contributed by atoms with Crippen molar-refractivity contribution in [2.75, 3.05) is 9.67 Å². The number of hydrogen-bond donors (Lipinski definition) is 2. The first-order valence-electron chi connectivity index (χ1n) is 4.77. The van der Waals surface area contributed by atoms with Gasteiger partial charge in [-0.3, -0.25) is 9.67 Å². The Hall–Kier alpha value is -1.09. The Morgan fingerprint density at radius 1 is 0.588 bits per heavy atom. The molecule has 2 aromatic carbocycles. The zero-order chi connectivity index (χ0) is 11.4. The van der Waals surface area contributed by atoms with Gasteiger partial charge in [0.1, 0.15) is 0 Å². The third-order valence-corrected chi connectivity index (χ3v) is 2.76. The molecule has 90 valence electrons. The molecule has 17 heavy (non-hydrogen) atoms. The van der Waals surface area contributed by atoms with Gasteiger partial charge in [0.05, 0.1) is 0 Å². The van der Waals surface area contributed by atoms with Gasteiger partial charge in [0.15, 0.2) is 0 Å². The van der Waals surface area contributed by atoms with E-state index in [2.05, 4.69) is 9.67 Å². The molecular formula is C12H11Cl3N2. The average molecular weight is 290 g/mol. The van der Waals surface area contributed by atoms with Gasteiger partial charge in [-0.05, 0) is 35.4 Å². The van der Waals surface area contributed by atoms with Gasteiger partial charge in [0.2, 0.25) is 0 Å². The first-order valence-corrected chi connectivity index (χ1v) is 5.53. The van der Waals surface area contributed by atoms with Gasteiger partial charge in [-0.15, -0.1) is 12.4 Å². The molecule has 2 N–H and O–H groups in total. The molecule has 0 saturated heterocycles. The SMILES string of the molecule is Cl.ClNc1ccc(-c2ccc(NCl)cc2)cc1. The van der Waals surface area contributed by atoms with Gasteiger partial charge in [-0.2, -0.15) is 0 Å². The largest absolute Gasteiger partial charge is 0.299 e. The van der Waals surface area contributed by atoms with Crippen LogP contribution in [0.3, 0.4) is 0 Å². The minimum atomic E-state index is 0. The summed E-state index contributed by atoms with van der Waals surface area (Å²) in [5.74, 6) is 0. The molecule has 0 fully saturated rings. The molecule has 0 spiro atoms. The molecule has 0 aliphatic rings. The van der Waals surface area contributed by atoms with Gasteiger partial charge < -0.3 is 0 Å². The molecule has 0 aliphatic heterocycles. The normalized spacial score (nSPS) is 9.29. The average Bonchev–Trinajstić information content (AvgIpc) is 2.39. The van der Waals surface area contributed by atoms with Crippen LogP contribution in [-0.4, -0.2) is 0 Å². The quantitative estimate of drug-likeness (QED) is 0.785. The summed E-state index contributed by atoms with van der Waals surface area (Å²) in [6.45, 7) is 0.